The molecule has 0 saturated carbocycles. The van der Waals surface area contributed by atoms with Crippen LogP contribution in [0.2, 0.25) is 0 Å². The molecule has 0 aromatic heterocycles. The Bertz CT molecular complexity index is 347. The van der Waals surface area contributed by atoms with Gasteiger partial charge in [-0.1, -0.05) is 30.4 Å². The van der Waals surface area contributed by atoms with Gasteiger partial charge < -0.3 is 5.32 Å². The van der Waals surface area contributed by atoms with E-state index >= 15 is 0 Å². The van der Waals surface area contributed by atoms with Crippen molar-refractivity contribution in [1.29, 1.82) is 0 Å². The normalized spacial score (nSPS) is 10.4. The van der Waals surface area contributed by atoms with Crippen molar-refractivity contribution in [3.8, 4) is 0 Å². The molecule has 0 bridgehead atoms. The summed E-state index contributed by atoms with van der Waals surface area (Å²) in [6.07, 6.45) is 3.84. The SMILES string of the molecule is CC(=O)NCC=Cc1ccccc1S. The first-order valence-corrected chi connectivity index (χ1v) is 4.84. The average molecular weight is 207 g/mol. The molecule has 0 spiro atoms. The van der Waals surface area contributed by atoms with Crippen molar-refractivity contribution >= 4 is 24.6 Å². The predicted octanol–water partition coefficient (Wildman–Crippen LogP) is 2.12. The zero-order valence-electron chi connectivity index (χ0n) is 8.03. The van der Waals surface area contributed by atoms with Gasteiger partial charge >= 0.3 is 0 Å². The number of benzene rings is 1. The molecule has 3 heteroatoms. The second-order valence-electron chi connectivity index (χ2n) is 2.90. The molecule has 2 nitrogen and oxygen atoms in total. The molecule has 0 aliphatic rings. The Hall–Kier alpha value is -1.22. The van der Waals surface area contributed by atoms with Gasteiger partial charge in [0.05, 0.1) is 0 Å². The molecule has 74 valence electrons. The average Bonchev–Trinajstić information content (AvgIpc) is 2.15. The Morgan fingerprint density at radius 3 is 2.86 bits per heavy atom. The minimum absolute atomic E-state index is 0.0196. The molecule has 0 unspecified atom stereocenters. The highest BCUT2D eigenvalue weighted by Crippen LogP contribution is 2.13. The second kappa shape index (κ2) is 5.50. The largest absolute Gasteiger partial charge is 0.353 e. The lowest BCUT2D eigenvalue weighted by Gasteiger charge is -1.98. The summed E-state index contributed by atoms with van der Waals surface area (Å²) >= 11 is 4.30. The van der Waals surface area contributed by atoms with E-state index in [1.807, 2.05) is 36.4 Å². The lowest BCUT2D eigenvalue weighted by molar-refractivity contribution is -0.118. The van der Waals surface area contributed by atoms with E-state index in [1.165, 1.54) is 6.92 Å². The van der Waals surface area contributed by atoms with E-state index in [-0.39, 0.29) is 5.91 Å². The third-order valence-electron chi connectivity index (χ3n) is 1.70. The highest BCUT2D eigenvalue weighted by Gasteiger charge is 1.91. The number of nitrogens with one attached hydrogen (secondary N) is 1. The molecule has 0 saturated heterocycles. The molecule has 14 heavy (non-hydrogen) atoms. The number of amides is 1. The summed E-state index contributed by atoms with van der Waals surface area (Å²) in [7, 11) is 0. The van der Waals surface area contributed by atoms with Gasteiger partial charge in [0.15, 0.2) is 0 Å². The first kappa shape index (κ1) is 10.9. The fourth-order valence-electron chi connectivity index (χ4n) is 1.02. The first-order valence-electron chi connectivity index (χ1n) is 4.39. The summed E-state index contributed by atoms with van der Waals surface area (Å²) in [5, 5.41) is 2.68. The molecule has 1 rings (SSSR count). The van der Waals surface area contributed by atoms with Gasteiger partial charge in [0.2, 0.25) is 5.91 Å². The molecule has 0 atom stereocenters. The quantitative estimate of drug-likeness (QED) is 0.730. The molecule has 1 aromatic rings. The second-order valence-corrected chi connectivity index (χ2v) is 3.38. The molecule has 0 fully saturated rings. The van der Waals surface area contributed by atoms with Crippen LogP contribution in [0.3, 0.4) is 0 Å². The van der Waals surface area contributed by atoms with Crippen molar-refractivity contribution in [2.75, 3.05) is 6.54 Å². The smallest absolute Gasteiger partial charge is 0.217 e. The highest BCUT2D eigenvalue weighted by molar-refractivity contribution is 7.80. The van der Waals surface area contributed by atoms with Crippen molar-refractivity contribution in [3.05, 3.63) is 35.9 Å². The van der Waals surface area contributed by atoms with E-state index < -0.39 is 0 Å². The van der Waals surface area contributed by atoms with Gasteiger partial charge in [0.1, 0.15) is 0 Å². The first-order chi connectivity index (χ1) is 6.70. The summed E-state index contributed by atoms with van der Waals surface area (Å²) in [5.41, 5.74) is 1.06. The minimum atomic E-state index is -0.0196. The molecule has 0 heterocycles. The van der Waals surface area contributed by atoms with Crippen LogP contribution in [0.25, 0.3) is 6.08 Å². The molecule has 0 radical (unpaired) electrons. The van der Waals surface area contributed by atoms with E-state index in [1.54, 1.807) is 0 Å². The molecule has 1 N–H and O–H groups in total. The van der Waals surface area contributed by atoms with Crippen molar-refractivity contribution in [2.45, 2.75) is 11.8 Å². The zero-order valence-corrected chi connectivity index (χ0v) is 8.92. The van der Waals surface area contributed by atoms with Gasteiger partial charge in [0.25, 0.3) is 0 Å². The highest BCUT2D eigenvalue weighted by atomic mass is 32.1. The zero-order chi connectivity index (χ0) is 10.4. The summed E-state index contributed by atoms with van der Waals surface area (Å²) < 4.78 is 0. The van der Waals surface area contributed by atoms with Crippen LogP contribution in [-0.2, 0) is 4.79 Å². The molecule has 1 amide bonds. The third-order valence-corrected chi connectivity index (χ3v) is 2.11. The standard InChI is InChI=1S/C11H13NOS/c1-9(13)12-8-4-6-10-5-2-3-7-11(10)14/h2-7,14H,8H2,1H3,(H,12,13). The number of carbonyl (C=O) groups is 1. The van der Waals surface area contributed by atoms with Crippen molar-refractivity contribution in [2.24, 2.45) is 0 Å². The van der Waals surface area contributed by atoms with Crippen LogP contribution in [0, 0.1) is 0 Å². The van der Waals surface area contributed by atoms with Crippen molar-refractivity contribution in [3.63, 3.8) is 0 Å². The Kier molecular flexibility index (Phi) is 4.26. The van der Waals surface area contributed by atoms with E-state index in [4.69, 9.17) is 0 Å². The van der Waals surface area contributed by atoms with Crippen LogP contribution in [0.1, 0.15) is 12.5 Å². The maximum absolute atomic E-state index is 10.6. The summed E-state index contributed by atoms with van der Waals surface area (Å²) in [6.45, 7) is 2.05. The van der Waals surface area contributed by atoms with E-state index in [9.17, 15) is 4.79 Å². The molecule has 0 aliphatic carbocycles. The van der Waals surface area contributed by atoms with Gasteiger partial charge in [-0.2, -0.15) is 0 Å². The maximum atomic E-state index is 10.6. The predicted molar refractivity (Wildman–Crippen MR) is 61.4 cm³/mol. The molecule has 0 aliphatic heterocycles. The number of hydrogen-bond donors (Lipinski definition) is 2. The van der Waals surface area contributed by atoms with Gasteiger partial charge in [-0.15, -0.1) is 12.6 Å². The number of thiol groups is 1. The summed E-state index contributed by atoms with van der Waals surface area (Å²) in [4.78, 5) is 11.5. The third kappa shape index (κ3) is 3.66. The molecular weight excluding hydrogens is 194 g/mol. The maximum Gasteiger partial charge on any atom is 0.217 e. The topological polar surface area (TPSA) is 29.1 Å². The fourth-order valence-corrected chi connectivity index (χ4v) is 1.25. The van der Waals surface area contributed by atoms with Crippen LogP contribution < -0.4 is 5.32 Å². The van der Waals surface area contributed by atoms with Gasteiger partial charge in [-0.3, -0.25) is 4.79 Å². The lowest BCUT2D eigenvalue weighted by Crippen LogP contribution is -2.19. The van der Waals surface area contributed by atoms with Gasteiger partial charge in [-0.25, -0.2) is 0 Å². The van der Waals surface area contributed by atoms with Crippen LogP contribution >= 0.6 is 12.6 Å². The monoisotopic (exact) mass is 207 g/mol. The fraction of sp³-hybridized carbons (Fsp3) is 0.182. The van der Waals surface area contributed by atoms with Crippen LogP contribution in [0.15, 0.2) is 35.2 Å². The van der Waals surface area contributed by atoms with Crippen molar-refractivity contribution < 1.29 is 4.79 Å². The molecule has 1 aromatic carbocycles. The Labute approximate surface area is 89.4 Å². The van der Waals surface area contributed by atoms with Crippen LogP contribution in [0.4, 0.5) is 0 Å². The number of rotatable bonds is 3. The Morgan fingerprint density at radius 2 is 2.21 bits per heavy atom. The number of carbonyl (C=O) groups excluding carboxylic acids is 1. The van der Waals surface area contributed by atoms with Crippen molar-refractivity contribution in [1.82, 2.24) is 5.32 Å². The minimum Gasteiger partial charge on any atom is -0.353 e. The van der Waals surface area contributed by atoms with Gasteiger partial charge in [-0.05, 0) is 11.6 Å². The van der Waals surface area contributed by atoms with E-state index in [0.29, 0.717) is 6.54 Å². The Morgan fingerprint density at radius 1 is 1.50 bits per heavy atom. The summed E-state index contributed by atoms with van der Waals surface area (Å²) in [5.74, 6) is -0.0196. The number of hydrogen-bond acceptors (Lipinski definition) is 2. The van der Waals surface area contributed by atoms with E-state index in [2.05, 4.69) is 17.9 Å². The molecular formula is C11H13NOS. The lowest BCUT2D eigenvalue weighted by atomic mass is 10.2. The summed E-state index contributed by atoms with van der Waals surface area (Å²) in [6, 6.07) is 7.80. The Balaban J connectivity index is 2.52. The van der Waals surface area contributed by atoms with Gasteiger partial charge in [0, 0.05) is 18.4 Å². The van der Waals surface area contributed by atoms with Crippen LogP contribution in [-0.4, -0.2) is 12.5 Å². The van der Waals surface area contributed by atoms with E-state index in [0.717, 1.165) is 10.5 Å². The van der Waals surface area contributed by atoms with Crippen LogP contribution in [0.5, 0.6) is 0 Å².